The number of unbranched alkanes of at least 4 members (excludes halogenated alkanes) is 7. The summed E-state index contributed by atoms with van der Waals surface area (Å²) >= 11 is 0. The summed E-state index contributed by atoms with van der Waals surface area (Å²) < 4.78 is 12.5. The summed E-state index contributed by atoms with van der Waals surface area (Å²) in [5.74, 6) is -1.70. The number of nitriles is 3. The fraction of sp³-hybridized carbons (Fsp3) is 0.840. The molecule has 1 aliphatic carbocycles. The summed E-state index contributed by atoms with van der Waals surface area (Å²) in [6, 6.07) is 6.64. The van der Waals surface area contributed by atoms with Crippen LogP contribution in [-0.4, -0.2) is 17.8 Å². The van der Waals surface area contributed by atoms with Crippen LogP contribution in [0.2, 0.25) is 0 Å². The fourth-order valence-corrected chi connectivity index (χ4v) is 6.05. The summed E-state index contributed by atoms with van der Waals surface area (Å²) in [6.45, 7) is 2.21. The maximum atomic E-state index is 10.3. The van der Waals surface area contributed by atoms with Crippen molar-refractivity contribution in [1.82, 2.24) is 0 Å². The van der Waals surface area contributed by atoms with Gasteiger partial charge in [-0.05, 0) is 19.3 Å². The van der Waals surface area contributed by atoms with E-state index in [1.165, 1.54) is 32.1 Å². The molecule has 1 saturated carbocycles. The fourth-order valence-electron chi connectivity index (χ4n) is 6.05. The molecular weight excluding hydrogens is 388 g/mol. The maximum Gasteiger partial charge on any atom is 0.217 e. The van der Waals surface area contributed by atoms with Gasteiger partial charge in [0.05, 0.1) is 30.2 Å². The van der Waals surface area contributed by atoms with Crippen LogP contribution in [0.3, 0.4) is 0 Å². The van der Waals surface area contributed by atoms with Crippen molar-refractivity contribution < 1.29 is 9.47 Å². The van der Waals surface area contributed by atoms with Gasteiger partial charge in [-0.2, -0.15) is 15.8 Å². The van der Waals surface area contributed by atoms with Crippen molar-refractivity contribution in [3.05, 3.63) is 0 Å². The van der Waals surface area contributed by atoms with Crippen molar-refractivity contribution >= 4 is 5.90 Å². The molecule has 2 heterocycles. The molecule has 0 radical (unpaired) electrons. The van der Waals surface area contributed by atoms with Crippen molar-refractivity contribution in [2.24, 2.45) is 16.7 Å². The van der Waals surface area contributed by atoms with Crippen LogP contribution in [0.15, 0.2) is 0 Å². The zero-order chi connectivity index (χ0) is 22.4. The van der Waals surface area contributed by atoms with Gasteiger partial charge >= 0.3 is 0 Å². The Morgan fingerprint density at radius 2 is 1.55 bits per heavy atom. The summed E-state index contributed by atoms with van der Waals surface area (Å²) in [7, 11) is 0. The molecule has 2 bridgehead atoms. The average molecular weight is 425 g/mol. The first-order chi connectivity index (χ1) is 15.1. The van der Waals surface area contributed by atoms with Crippen LogP contribution in [0.5, 0.6) is 0 Å². The number of hydrogen-bond donors (Lipinski definition) is 1. The van der Waals surface area contributed by atoms with Gasteiger partial charge in [0, 0.05) is 6.42 Å². The van der Waals surface area contributed by atoms with Gasteiger partial charge in [-0.3, -0.25) is 5.41 Å². The van der Waals surface area contributed by atoms with Crippen molar-refractivity contribution in [3.63, 3.8) is 0 Å². The SMILES string of the molecule is CCCCCCCCCCC1OC23CCCCCCC2C(C#N)(C(=N)O3)C1(C#N)C#N. The highest BCUT2D eigenvalue weighted by Crippen LogP contribution is 2.65. The molecule has 0 aromatic rings. The van der Waals surface area contributed by atoms with Crippen LogP contribution in [-0.2, 0) is 9.47 Å². The van der Waals surface area contributed by atoms with E-state index in [0.717, 1.165) is 44.9 Å². The summed E-state index contributed by atoms with van der Waals surface area (Å²) in [5.41, 5.74) is -3.25. The quantitative estimate of drug-likeness (QED) is 0.447. The van der Waals surface area contributed by atoms with Gasteiger partial charge in [0.15, 0.2) is 10.8 Å². The Hall–Kier alpha value is -2.10. The lowest BCUT2D eigenvalue weighted by Crippen LogP contribution is -2.62. The molecule has 168 valence electrons. The van der Waals surface area contributed by atoms with E-state index in [-0.39, 0.29) is 5.90 Å². The normalized spacial score (nSPS) is 33.7. The van der Waals surface area contributed by atoms with Crippen LogP contribution in [0.25, 0.3) is 0 Å². The van der Waals surface area contributed by atoms with Crippen molar-refractivity contribution in [2.75, 3.05) is 0 Å². The van der Waals surface area contributed by atoms with E-state index in [2.05, 4.69) is 25.1 Å². The third-order valence-corrected chi connectivity index (χ3v) is 7.75. The van der Waals surface area contributed by atoms with Crippen molar-refractivity contribution in [3.8, 4) is 18.2 Å². The standard InChI is InChI=1S/C25H36N4O2/c1-2-3-4-5-6-7-8-12-15-21-23(17-26,18-27)24(19-28)20-14-11-9-10-13-16-25(20,30-21)31-22(24)29/h20-21,29H,2-16H2,1H3. The Labute approximate surface area is 187 Å². The van der Waals surface area contributed by atoms with E-state index in [9.17, 15) is 15.8 Å². The third-order valence-electron chi connectivity index (χ3n) is 7.75. The highest BCUT2D eigenvalue weighted by molar-refractivity contribution is 5.89. The molecule has 3 fully saturated rings. The minimum Gasteiger partial charge on any atom is -0.447 e. The lowest BCUT2D eigenvalue weighted by atomic mass is 9.52. The number of nitrogens with zero attached hydrogens (tertiary/aromatic N) is 3. The van der Waals surface area contributed by atoms with E-state index in [1.807, 2.05) is 0 Å². The summed E-state index contributed by atoms with van der Waals surface area (Å²) in [6.07, 6.45) is 14.3. The van der Waals surface area contributed by atoms with E-state index >= 15 is 0 Å². The molecule has 1 N–H and O–H groups in total. The molecule has 2 saturated heterocycles. The van der Waals surface area contributed by atoms with Crippen LogP contribution in [0.4, 0.5) is 0 Å². The molecule has 3 rings (SSSR count). The second-order valence-electron chi connectivity index (χ2n) is 9.57. The molecule has 0 aromatic carbocycles. The first-order valence-electron chi connectivity index (χ1n) is 12.3. The van der Waals surface area contributed by atoms with E-state index in [1.54, 1.807) is 0 Å². The first-order valence-corrected chi connectivity index (χ1v) is 12.3. The Morgan fingerprint density at radius 3 is 2.19 bits per heavy atom. The second-order valence-corrected chi connectivity index (χ2v) is 9.57. The molecule has 31 heavy (non-hydrogen) atoms. The maximum absolute atomic E-state index is 10.3. The number of hydrogen-bond acceptors (Lipinski definition) is 6. The second kappa shape index (κ2) is 10.0. The van der Waals surface area contributed by atoms with Crippen molar-refractivity contribution in [1.29, 1.82) is 21.2 Å². The Balaban J connectivity index is 1.79. The molecule has 3 aliphatic rings. The average Bonchev–Trinajstić information content (AvgIpc) is 2.93. The monoisotopic (exact) mass is 424 g/mol. The minimum atomic E-state index is -1.70. The molecule has 0 aromatic heterocycles. The molecule has 6 nitrogen and oxygen atoms in total. The zero-order valence-corrected chi connectivity index (χ0v) is 18.9. The Bertz CT molecular complexity index is 762. The number of nitrogens with one attached hydrogen (secondary N) is 1. The van der Waals surface area contributed by atoms with Crippen LogP contribution in [0, 0.1) is 56.2 Å². The van der Waals surface area contributed by atoms with Gasteiger partial charge in [-0.1, -0.05) is 77.6 Å². The largest absolute Gasteiger partial charge is 0.447 e. The molecular formula is C25H36N4O2. The number of ether oxygens (including phenoxy) is 2. The predicted molar refractivity (Wildman–Crippen MR) is 117 cm³/mol. The zero-order valence-electron chi connectivity index (χ0n) is 18.9. The van der Waals surface area contributed by atoms with Gasteiger partial charge in [0.25, 0.3) is 0 Å². The van der Waals surface area contributed by atoms with E-state index in [0.29, 0.717) is 19.3 Å². The molecule has 4 unspecified atom stereocenters. The highest BCUT2D eigenvalue weighted by Gasteiger charge is 2.79. The molecule has 6 heteroatoms. The molecule has 0 spiro atoms. The van der Waals surface area contributed by atoms with Gasteiger partial charge in [-0.15, -0.1) is 0 Å². The van der Waals surface area contributed by atoms with Gasteiger partial charge in [0.2, 0.25) is 11.7 Å². The highest BCUT2D eigenvalue weighted by atomic mass is 16.7. The first kappa shape index (κ1) is 23.6. The topological polar surface area (TPSA) is 114 Å². The van der Waals surface area contributed by atoms with Crippen LogP contribution < -0.4 is 0 Å². The van der Waals surface area contributed by atoms with Crippen LogP contribution >= 0.6 is 0 Å². The molecule has 4 atom stereocenters. The van der Waals surface area contributed by atoms with Gasteiger partial charge in [0.1, 0.15) is 0 Å². The van der Waals surface area contributed by atoms with Gasteiger partial charge < -0.3 is 9.47 Å². The number of rotatable bonds is 9. The van der Waals surface area contributed by atoms with Crippen molar-refractivity contribution in [2.45, 2.75) is 115 Å². The molecule has 2 aliphatic heterocycles. The predicted octanol–water partition coefficient (Wildman–Crippen LogP) is 6.13. The smallest absolute Gasteiger partial charge is 0.217 e. The third kappa shape index (κ3) is 3.83. The van der Waals surface area contributed by atoms with E-state index < -0.39 is 28.6 Å². The lowest BCUT2D eigenvalue weighted by molar-refractivity contribution is -0.287. The minimum absolute atomic E-state index is 0.233. The lowest BCUT2D eigenvalue weighted by Gasteiger charge is -2.50. The van der Waals surface area contributed by atoms with Gasteiger partial charge in [-0.25, -0.2) is 0 Å². The summed E-state index contributed by atoms with van der Waals surface area (Å²) in [4.78, 5) is 0. The van der Waals surface area contributed by atoms with Crippen LogP contribution in [0.1, 0.15) is 103 Å². The van der Waals surface area contributed by atoms with E-state index in [4.69, 9.17) is 14.9 Å². The Morgan fingerprint density at radius 1 is 0.903 bits per heavy atom. The Kier molecular flexibility index (Phi) is 7.61. The summed E-state index contributed by atoms with van der Waals surface area (Å²) in [5, 5.41) is 39.4. The molecule has 0 amide bonds.